The van der Waals surface area contributed by atoms with Gasteiger partial charge in [0.2, 0.25) is 0 Å². The van der Waals surface area contributed by atoms with Crippen molar-refractivity contribution in [1.82, 2.24) is 5.32 Å². The van der Waals surface area contributed by atoms with Gasteiger partial charge in [-0.3, -0.25) is 4.99 Å². The number of amidine groups is 1. The van der Waals surface area contributed by atoms with E-state index in [1.54, 1.807) is 0 Å². The van der Waals surface area contributed by atoms with Gasteiger partial charge >= 0.3 is 0 Å². The highest BCUT2D eigenvalue weighted by Crippen LogP contribution is 2.34. The number of nitrogens with one attached hydrogen (secondary N) is 1. The highest BCUT2D eigenvalue weighted by molar-refractivity contribution is 8.14. The summed E-state index contributed by atoms with van der Waals surface area (Å²) in [6.07, 6.45) is 2.42. The molecule has 92 valence electrons. The van der Waals surface area contributed by atoms with Gasteiger partial charge in [0, 0.05) is 6.04 Å². The molecule has 0 aliphatic carbocycles. The molecule has 1 N–H and O–H groups in total. The molecule has 2 atom stereocenters. The van der Waals surface area contributed by atoms with Gasteiger partial charge in [0.1, 0.15) is 0 Å². The molecule has 2 rings (SSSR count). The first-order valence-electron chi connectivity index (χ1n) is 6.32. The molecule has 0 bridgehead atoms. The van der Waals surface area contributed by atoms with Crippen LogP contribution >= 0.6 is 11.8 Å². The second-order valence-corrected chi connectivity index (χ2v) is 5.69. The third-order valence-corrected chi connectivity index (χ3v) is 4.09. The molecule has 0 spiro atoms. The van der Waals surface area contributed by atoms with E-state index in [1.165, 1.54) is 18.4 Å². The van der Waals surface area contributed by atoms with Crippen molar-refractivity contribution in [3.8, 4) is 0 Å². The van der Waals surface area contributed by atoms with Crippen molar-refractivity contribution < 1.29 is 0 Å². The lowest BCUT2D eigenvalue weighted by atomic mass is 10.1. The molecule has 0 saturated carbocycles. The van der Waals surface area contributed by atoms with Crippen LogP contribution in [0, 0.1) is 0 Å². The number of rotatable bonds is 4. The Morgan fingerprint density at radius 2 is 2.18 bits per heavy atom. The Labute approximate surface area is 108 Å². The van der Waals surface area contributed by atoms with Gasteiger partial charge in [0.15, 0.2) is 5.17 Å². The van der Waals surface area contributed by atoms with Gasteiger partial charge in [-0.1, -0.05) is 55.4 Å². The standard InChI is InChI=1S/C14H20N2S/c1-3-7-11(2)16-14-15-10-13(17-14)12-8-5-4-6-9-12/h4-6,8-9,11,13H,3,7,10H2,1-2H3,(H,15,16). The zero-order chi connectivity index (χ0) is 12.1. The first-order valence-corrected chi connectivity index (χ1v) is 7.20. The van der Waals surface area contributed by atoms with E-state index in [1.807, 2.05) is 11.8 Å². The minimum absolute atomic E-state index is 0.493. The average Bonchev–Trinajstić information content (AvgIpc) is 2.79. The third kappa shape index (κ3) is 3.50. The van der Waals surface area contributed by atoms with Crippen molar-refractivity contribution in [2.75, 3.05) is 6.54 Å². The maximum absolute atomic E-state index is 4.58. The van der Waals surface area contributed by atoms with Gasteiger partial charge in [-0.05, 0) is 18.9 Å². The number of hydrogen-bond acceptors (Lipinski definition) is 3. The summed E-state index contributed by atoms with van der Waals surface area (Å²) in [5, 5.41) is 5.10. The SMILES string of the molecule is CCCC(C)NC1=NCC(c2ccccc2)S1. The third-order valence-electron chi connectivity index (χ3n) is 2.92. The summed E-state index contributed by atoms with van der Waals surface area (Å²) >= 11 is 1.86. The predicted molar refractivity (Wildman–Crippen MR) is 76.6 cm³/mol. The fourth-order valence-electron chi connectivity index (χ4n) is 2.01. The summed E-state index contributed by atoms with van der Waals surface area (Å²) in [5.41, 5.74) is 1.38. The molecule has 1 aliphatic rings. The molecule has 0 amide bonds. The van der Waals surface area contributed by atoms with Crippen LogP contribution in [0.1, 0.15) is 37.5 Å². The number of hydrogen-bond donors (Lipinski definition) is 1. The van der Waals surface area contributed by atoms with E-state index >= 15 is 0 Å². The van der Waals surface area contributed by atoms with Crippen molar-refractivity contribution in [1.29, 1.82) is 0 Å². The summed E-state index contributed by atoms with van der Waals surface area (Å²) in [4.78, 5) is 4.58. The van der Waals surface area contributed by atoms with Gasteiger partial charge in [0.05, 0.1) is 11.8 Å². The first-order chi connectivity index (χ1) is 8.29. The van der Waals surface area contributed by atoms with E-state index in [-0.39, 0.29) is 0 Å². The Morgan fingerprint density at radius 1 is 1.41 bits per heavy atom. The number of thioether (sulfide) groups is 1. The molecule has 0 saturated heterocycles. The van der Waals surface area contributed by atoms with Crippen LogP contribution in [-0.4, -0.2) is 17.8 Å². The maximum atomic E-state index is 4.58. The van der Waals surface area contributed by atoms with Crippen molar-refractivity contribution in [3.05, 3.63) is 35.9 Å². The quantitative estimate of drug-likeness (QED) is 0.880. The van der Waals surface area contributed by atoms with E-state index in [0.29, 0.717) is 11.3 Å². The van der Waals surface area contributed by atoms with Crippen LogP contribution in [0.2, 0.25) is 0 Å². The Balaban J connectivity index is 1.86. The van der Waals surface area contributed by atoms with Gasteiger partial charge in [-0.2, -0.15) is 0 Å². The van der Waals surface area contributed by atoms with Crippen molar-refractivity contribution >= 4 is 16.9 Å². The number of aliphatic imine (C=N–C) groups is 1. The fraction of sp³-hybridized carbons (Fsp3) is 0.500. The van der Waals surface area contributed by atoms with Crippen molar-refractivity contribution in [2.24, 2.45) is 4.99 Å². The molecule has 1 aliphatic heterocycles. The van der Waals surface area contributed by atoms with Crippen LogP contribution in [0.5, 0.6) is 0 Å². The van der Waals surface area contributed by atoms with Crippen LogP contribution in [0.25, 0.3) is 0 Å². The zero-order valence-corrected chi connectivity index (χ0v) is 11.3. The Morgan fingerprint density at radius 3 is 2.88 bits per heavy atom. The Kier molecular flexibility index (Phi) is 4.49. The summed E-state index contributed by atoms with van der Waals surface area (Å²) in [6, 6.07) is 11.2. The Hall–Kier alpha value is -0.960. The highest BCUT2D eigenvalue weighted by Gasteiger charge is 2.21. The van der Waals surface area contributed by atoms with Crippen LogP contribution in [-0.2, 0) is 0 Å². The van der Waals surface area contributed by atoms with E-state index in [4.69, 9.17) is 0 Å². The van der Waals surface area contributed by atoms with E-state index in [9.17, 15) is 0 Å². The first kappa shape index (κ1) is 12.5. The van der Waals surface area contributed by atoms with E-state index in [2.05, 4.69) is 54.5 Å². The fourth-order valence-corrected chi connectivity index (χ4v) is 3.14. The molecule has 3 heteroatoms. The lowest BCUT2D eigenvalue weighted by Crippen LogP contribution is -2.29. The molecule has 2 nitrogen and oxygen atoms in total. The van der Waals surface area contributed by atoms with E-state index in [0.717, 1.165) is 11.7 Å². The van der Waals surface area contributed by atoms with Gasteiger partial charge in [0.25, 0.3) is 0 Å². The van der Waals surface area contributed by atoms with Crippen LogP contribution < -0.4 is 5.32 Å². The summed E-state index contributed by atoms with van der Waals surface area (Å²) in [5.74, 6) is 0. The summed E-state index contributed by atoms with van der Waals surface area (Å²) in [6.45, 7) is 5.34. The molecule has 1 heterocycles. The molecule has 1 aromatic carbocycles. The minimum Gasteiger partial charge on any atom is -0.362 e. The van der Waals surface area contributed by atoms with Crippen LogP contribution in [0.15, 0.2) is 35.3 Å². The molecule has 2 unspecified atom stereocenters. The second kappa shape index (κ2) is 6.10. The molecule has 17 heavy (non-hydrogen) atoms. The number of nitrogens with zero attached hydrogens (tertiary/aromatic N) is 1. The number of benzene rings is 1. The minimum atomic E-state index is 0.493. The molecular weight excluding hydrogens is 228 g/mol. The molecule has 0 aromatic heterocycles. The van der Waals surface area contributed by atoms with Gasteiger partial charge < -0.3 is 5.32 Å². The molecule has 0 radical (unpaired) electrons. The van der Waals surface area contributed by atoms with Gasteiger partial charge in [-0.25, -0.2) is 0 Å². The van der Waals surface area contributed by atoms with Crippen molar-refractivity contribution in [3.63, 3.8) is 0 Å². The van der Waals surface area contributed by atoms with Crippen LogP contribution in [0.3, 0.4) is 0 Å². The predicted octanol–water partition coefficient (Wildman–Crippen LogP) is 3.61. The van der Waals surface area contributed by atoms with Gasteiger partial charge in [-0.15, -0.1) is 0 Å². The van der Waals surface area contributed by atoms with Crippen LogP contribution in [0.4, 0.5) is 0 Å². The molecular formula is C14H20N2S. The normalized spacial score (nSPS) is 21.1. The molecule has 1 aromatic rings. The lowest BCUT2D eigenvalue weighted by Gasteiger charge is -2.14. The highest BCUT2D eigenvalue weighted by atomic mass is 32.2. The van der Waals surface area contributed by atoms with Crippen molar-refractivity contribution in [2.45, 2.75) is 38.0 Å². The lowest BCUT2D eigenvalue weighted by molar-refractivity contribution is 0.600. The Bertz CT molecular complexity index is 375. The summed E-state index contributed by atoms with van der Waals surface area (Å²) < 4.78 is 0. The average molecular weight is 248 g/mol. The topological polar surface area (TPSA) is 24.4 Å². The maximum Gasteiger partial charge on any atom is 0.157 e. The largest absolute Gasteiger partial charge is 0.362 e. The summed E-state index contributed by atoms with van der Waals surface area (Å²) in [7, 11) is 0. The second-order valence-electron chi connectivity index (χ2n) is 4.50. The monoisotopic (exact) mass is 248 g/mol. The van der Waals surface area contributed by atoms with E-state index < -0.39 is 0 Å². The zero-order valence-electron chi connectivity index (χ0n) is 10.5. The smallest absolute Gasteiger partial charge is 0.157 e. The molecule has 0 fully saturated rings.